The van der Waals surface area contributed by atoms with Crippen molar-refractivity contribution < 1.29 is 0 Å². The SMILES string of the molecule is CCC1=C(C)C(C)(C)c2cc(Cl)ccc21. The summed E-state index contributed by atoms with van der Waals surface area (Å²) in [7, 11) is 0. The van der Waals surface area contributed by atoms with Crippen molar-refractivity contribution in [3.05, 3.63) is 39.9 Å². The van der Waals surface area contributed by atoms with Crippen LogP contribution in [0.2, 0.25) is 5.02 Å². The van der Waals surface area contributed by atoms with Crippen molar-refractivity contribution in [1.82, 2.24) is 0 Å². The molecule has 0 bridgehead atoms. The summed E-state index contributed by atoms with van der Waals surface area (Å²) >= 11 is 6.07. The normalized spacial score (nSPS) is 18.2. The molecule has 2 rings (SSSR count). The highest BCUT2D eigenvalue weighted by Crippen LogP contribution is 2.47. The highest BCUT2D eigenvalue weighted by atomic mass is 35.5. The van der Waals surface area contributed by atoms with Crippen LogP contribution < -0.4 is 0 Å². The Morgan fingerprint density at radius 2 is 1.93 bits per heavy atom. The summed E-state index contributed by atoms with van der Waals surface area (Å²) in [6.45, 7) is 9.02. The standard InChI is InChI=1S/C14H17Cl/c1-5-11-9(2)14(3,4)13-8-10(15)6-7-12(11)13/h6-8H,5H2,1-4H3. The van der Waals surface area contributed by atoms with Crippen molar-refractivity contribution in [3.8, 4) is 0 Å². The van der Waals surface area contributed by atoms with Crippen molar-refractivity contribution in [2.24, 2.45) is 0 Å². The summed E-state index contributed by atoms with van der Waals surface area (Å²) in [6.07, 6.45) is 1.10. The molecule has 1 aromatic rings. The zero-order valence-electron chi connectivity index (χ0n) is 9.82. The average molecular weight is 221 g/mol. The maximum atomic E-state index is 6.07. The topological polar surface area (TPSA) is 0 Å². The molecule has 0 amide bonds. The van der Waals surface area contributed by atoms with E-state index in [2.05, 4.69) is 39.8 Å². The van der Waals surface area contributed by atoms with Gasteiger partial charge in [-0.2, -0.15) is 0 Å². The zero-order chi connectivity index (χ0) is 11.2. The first-order valence-corrected chi connectivity index (χ1v) is 5.87. The lowest BCUT2D eigenvalue weighted by atomic mass is 9.82. The Kier molecular flexibility index (Phi) is 2.42. The average Bonchev–Trinajstić information content (AvgIpc) is 2.37. The third kappa shape index (κ3) is 1.43. The van der Waals surface area contributed by atoms with Gasteiger partial charge in [0.25, 0.3) is 0 Å². The van der Waals surface area contributed by atoms with Crippen LogP contribution in [-0.2, 0) is 5.41 Å². The predicted octanol–water partition coefficient (Wildman–Crippen LogP) is 4.81. The Bertz CT molecular complexity index is 439. The molecule has 0 saturated carbocycles. The lowest BCUT2D eigenvalue weighted by Crippen LogP contribution is -2.15. The van der Waals surface area contributed by atoms with Crippen LogP contribution in [0.5, 0.6) is 0 Å². The third-order valence-electron chi connectivity index (χ3n) is 3.72. The van der Waals surface area contributed by atoms with Gasteiger partial charge < -0.3 is 0 Å². The highest BCUT2D eigenvalue weighted by molar-refractivity contribution is 6.30. The van der Waals surface area contributed by atoms with Crippen LogP contribution in [-0.4, -0.2) is 0 Å². The molecule has 1 aliphatic carbocycles. The van der Waals surface area contributed by atoms with Crippen LogP contribution in [0.3, 0.4) is 0 Å². The molecule has 0 heterocycles. The fourth-order valence-corrected chi connectivity index (χ4v) is 2.71. The number of rotatable bonds is 1. The van der Waals surface area contributed by atoms with Gasteiger partial charge in [-0.1, -0.05) is 44.0 Å². The lowest BCUT2D eigenvalue weighted by molar-refractivity contribution is 0.638. The molecule has 0 fully saturated rings. The molecule has 1 heteroatoms. The quantitative estimate of drug-likeness (QED) is 0.637. The predicted molar refractivity (Wildman–Crippen MR) is 67.4 cm³/mol. The molecular formula is C14H17Cl. The summed E-state index contributed by atoms with van der Waals surface area (Å²) in [6, 6.07) is 6.27. The minimum atomic E-state index is 0.144. The van der Waals surface area contributed by atoms with E-state index in [-0.39, 0.29) is 5.41 Å². The summed E-state index contributed by atoms with van der Waals surface area (Å²) in [5, 5.41) is 0.840. The van der Waals surface area contributed by atoms with Crippen molar-refractivity contribution in [2.45, 2.75) is 39.5 Å². The van der Waals surface area contributed by atoms with Crippen LogP contribution in [0.4, 0.5) is 0 Å². The van der Waals surface area contributed by atoms with E-state index in [1.54, 1.807) is 0 Å². The van der Waals surface area contributed by atoms with Gasteiger partial charge in [-0.3, -0.25) is 0 Å². The van der Waals surface area contributed by atoms with Crippen molar-refractivity contribution in [3.63, 3.8) is 0 Å². The van der Waals surface area contributed by atoms with E-state index in [0.29, 0.717) is 0 Å². The van der Waals surface area contributed by atoms with Crippen LogP contribution in [0.15, 0.2) is 23.8 Å². The van der Waals surface area contributed by atoms with Crippen molar-refractivity contribution >= 4 is 17.2 Å². The Labute approximate surface area is 97.0 Å². The van der Waals surface area contributed by atoms with Crippen molar-refractivity contribution in [1.29, 1.82) is 0 Å². The molecule has 0 aliphatic heterocycles. The number of benzene rings is 1. The first-order valence-electron chi connectivity index (χ1n) is 5.49. The summed E-state index contributed by atoms with van der Waals surface area (Å²) in [5.74, 6) is 0. The molecule has 0 N–H and O–H groups in total. The van der Waals surface area contributed by atoms with Gasteiger partial charge in [0.1, 0.15) is 0 Å². The Hall–Kier alpha value is -0.750. The summed E-state index contributed by atoms with van der Waals surface area (Å²) < 4.78 is 0. The molecule has 0 spiro atoms. The molecule has 1 aliphatic rings. The zero-order valence-corrected chi connectivity index (χ0v) is 10.6. The van der Waals surface area contributed by atoms with Crippen LogP contribution >= 0.6 is 11.6 Å². The monoisotopic (exact) mass is 220 g/mol. The number of fused-ring (bicyclic) bond motifs is 1. The number of halogens is 1. The van der Waals surface area contributed by atoms with Gasteiger partial charge in [0, 0.05) is 10.4 Å². The number of hydrogen-bond acceptors (Lipinski definition) is 0. The fraction of sp³-hybridized carbons (Fsp3) is 0.429. The third-order valence-corrected chi connectivity index (χ3v) is 3.96. The second-order valence-electron chi connectivity index (χ2n) is 4.77. The van der Waals surface area contributed by atoms with Crippen LogP contribution in [0.1, 0.15) is 45.2 Å². The van der Waals surface area contributed by atoms with E-state index in [1.165, 1.54) is 22.3 Å². The maximum absolute atomic E-state index is 6.07. The van der Waals surface area contributed by atoms with E-state index in [0.717, 1.165) is 11.4 Å². The smallest absolute Gasteiger partial charge is 0.0409 e. The van der Waals surface area contributed by atoms with Gasteiger partial charge in [0.2, 0.25) is 0 Å². The van der Waals surface area contributed by atoms with Crippen molar-refractivity contribution in [2.75, 3.05) is 0 Å². The molecule has 0 nitrogen and oxygen atoms in total. The van der Waals surface area contributed by atoms with Gasteiger partial charge in [0.15, 0.2) is 0 Å². The van der Waals surface area contributed by atoms with E-state index >= 15 is 0 Å². The largest absolute Gasteiger partial charge is 0.0843 e. The van der Waals surface area contributed by atoms with Crippen LogP contribution in [0.25, 0.3) is 5.57 Å². The fourth-order valence-electron chi connectivity index (χ4n) is 2.53. The Morgan fingerprint density at radius 1 is 1.27 bits per heavy atom. The molecule has 0 atom stereocenters. The van der Waals surface area contributed by atoms with Gasteiger partial charge in [-0.05, 0) is 42.2 Å². The Balaban J connectivity index is 2.70. The molecule has 0 saturated heterocycles. The second-order valence-corrected chi connectivity index (χ2v) is 5.21. The minimum Gasteiger partial charge on any atom is -0.0843 e. The van der Waals surface area contributed by atoms with E-state index in [1.807, 2.05) is 6.07 Å². The van der Waals surface area contributed by atoms with Gasteiger partial charge in [-0.25, -0.2) is 0 Å². The summed E-state index contributed by atoms with van der Waals surface area (Å²) in [5.41, 5.74) is 5.90. The molecule has 0 aromatic heterocycles. The van der Waals surface area contributed by atoms with Gasteiger partial charge in [-0.15, -0.1) is 0 Å². The maximum Gasteiger partial charge on any atom is 0.0409 e. The molecule has 15 heavy (non-hydrogen) atoms. The van der Waals surface area contributed by atoms with Crippen LogP contribution in [0, 0.1) is 0 Å². The minimum absolute atomic E-state index is 0.144. The molecule has 0 unspecified atom stereocenters. The number of allylic oxidation sites excluding steroid dienone is 2. The number of hydrogen-bond donors (Lipinski definition) is 0. The molecule has 0 radical (unpaired) electrons. The molecule has 80 valence electrons. The molecular weight excluding hydrogens is 204 g/mol. The van der Waals surface area contributed by atoms with E-state index in [4.69, 9.17) is 11.6 Å². The summed E-state index contributed by atoms with van der Waals surface area (Å²) in [4.78, 5) is 0. The van der Waals surface area contributed by atoms with E-state index < -0.39 is 0 Å². The Morgan fingerprint density at radius 3 is 2.53 bits per heavy atom. The lowest BCUT2D eigenvalue weighted by Gasteiger charge is -2.22. The highest BCUT2D eigenvalue weighted by Gasteiger charge is 2.34. The first kappa shape index (κ1) is 10.8. The second kappa shape index (κ2) is 3.38. The first-order chi connectivity index (χ1) is 6.98. The molecule has 1 aromatic carbocycles. The van der Waals surface area contributed by atoms with E-state index in [9.17, 15) is 0 Å². The van der Waals surface area contributed by atoms with Gasteiger partial charge in [0.05, 0.1) is 0 Å². The van der Waals surface area contributed by atoms with Gasteiger partial charge >= 0.3 is 0 Å².